The molecule has 0 bridgehead atoms. The number of nitrogens with zero attached hydrogens (tertiary/aromatic N) is 1. The summed E-state index contributed by atoms with van der Waals surface area (Å²) < 4.78 is 11.7. The highest BCUT2D eigenvalue weighted by Gasteiger charge is 2.31. The number of benzene rings is 1. The third kappa shape index (κ3) is 1.98. The number of piperazine rings is 1. The molecule has 0 saturated carbocycles. The Morgan fingerprint density at radius 1 is 1.00 bits per heavy atom. The molecule has 0 spiro atoms. The third-order valence-electron chi connectivity index (χ3n) is 4.44. The van der Waals surface area contributed by atoms with E-state index in [1.165, 1.54) is 11.1 Å². The van der Waals surface area contributed by atoms with Gasteiger partial charge in [-0.25, -0.2) is 0 Å². The maximum Gasteiger partial charge on any atom is 0.142 e. The largest absolute Gasteiger partial charge is 0.493 e. The van der Waals surface area contributed by atoms with Crippen molar-refractivity contribution in [2.75, 3.05) is 39.4 Å². The predicted octanol–water partition coefficient (Wildman–Crippen LogP) is 1.61. The van der Waals surface area contributed by atoms with Crippen LogP contribution in [0.3, 0.4) is 0 Å². The zero-order chi connectivity index (χ0) is 13.5. The van der Waals surface area contributed by atoms with Crippen LogP contribution in [0.25, 0.3) is 0 Å². The van der Waals surface area contributed by atoms with Crippen molar-refractivity contribution in [3.63, 3.8) is 0 Å². The van der Waals surface area contributed by atoms with E-state index in [-0.39, 0.29) is 0 Å². The molecule has 108 valence electrons. The van der Waals surface area contributed by atoms with Crippen LogP contribution in [0.4, 0.5) is 0 Å². The molecular formula is C15H19ClN2O2. The Balaban J connectivity index is 1.74. The molecule has 0 radical (unpaired) electrons. The minimum atomic E-state index is 0.743. The van der Waals surface area contributed by atoms with Crippen LogP contribution >= 0.6 is 11.6 Å². The number of halogens is 1. The van der Waals surface area contributed by atoms with Crippen molar-refractivity contribution in [1.29, 1.82) is 0 Å². The lowest BCUT2D eigenvalue weighted by atomic mass is 9.98. The van der Waals surface area contributed by atoms with E-state index < -0.39 is 0 Å². The zero-order valence-corrected chi connectivity index (χ0v) is 12.3. The minimum absolute atomic E-state index is 0.743. The number of hydrogen-bond acceptors (Lipinski definition) is 4. The Morgan fingerprint density at radius 2 is 1.70 bits per heavy atom. The van der Waals surface area contributed by atoms with Gasteiger partial charge in [0.15, 0.2) is 0 Å². The summed E-state index contributed by atoms with van der Waals surface area (Å²) in [7, 11) is 0. The molecule has 0 amide bonds. The molecule has 3 aliphatic heterocycles. The molecule has 3 aliphatic rings. The fourth-order valence-electron chi connectivity index (χ4n) is 3.41. The Bertz CT molecular complexity index is 506. The first-order chi connectivity index (χ1) is 9.84. The summed E-state index contributed by atoms with van der Waals surface area (Å²) in [4.78, 5) is 2.49. The van der Waals surface area contributed by atoms with E-state index in [1.807, 2.05) is 0 Å². The van der Waals surface area contributed by atoms with Gasteiger partial charge >= 0.3 is 0 Å². The first-order valence-corrected chi connectivity index (χ1v) is 7.77. The van der Waals surface area contributed by atoms with Gasteiger partial charge in [0.05, 0.1) is 18.2 Å². The number of ether oxygens (including phenoxy) is 2. The molecule has 0 aromatic heterocycles. The minimum Gasteiger partial charge on any atom is -0.493 e. The van der Waals surface area contributed by atoms with Crippen LogP contribution in [0.2, 0.25) is 5.02 Å². The van der Waals surface area contributed by atoms with Gasteiger partial charge in [0.1, 0.15) is 11.5 Å². The number of nitrogens with one attached hydrogen (secondary N) is 1. The summed E-state index contributed by atoms with van der Waals surface area (Å²) >= 11 is 6.49. The normalized spacial score (nSPS) is 21.2. The van der Waals surface area contributed by atoms with Crippen molar-refractivity contribution in [1.82, 2.24) is 10.2 Å². The smallest absolute Gasteiger partial charge is 0.142 e. The van der Waals surface area contributed by atoms with Gasteiger partial charge < -0.3 is 14.8 Å². The first kappa shape index (κ1) is 12.7. The van der Waals surface area contributed by atoms with E-state index >= 15 is 0 Å². The molecule has 0 aliphatic carbocycles. The molecule has 1 aromatic carbocycles. The van der Waals surface area contributed by atoms with Crippen molar-refractivity contribution in [2.45, 2.75) is 19.4 Å². The van der Waals surface area contributed by atoms with Crippen LogP contribution in [-0.2, 0) is 19.4 Å². The van der Waals surface area contributed by atoms with Gasteiger partial charge in [-0.15, -0.1) is 0 Å². The monoisotopic (exact) mass is 294 g/mol. The Morgan fingerprint density at radius 3 is 2.50 bits per heavy atom. The maximum atomic E-state index is 6.49. The van der Waals surface area contributed by atoms with Crippen molar-refractivity contribution in [2.24, 2.45) is 0 Å². The van der Waals surface area contributed by atoms with Crippen LogP contribution in [0.1, 0.15) is 16.7 Å². The molecule has 0 atom stereocenters. The van der Waals surface area contributed by atoms with Gasteiger partial charge in [0, 0.05) is 62.3 Å². The SMILES string of the molecule is Clc1c2c(c(CN3CCNCC3)c3c1OCC3)OCC2. The van der Waals surface area contributed by atoms with Crippen LogP contribution in [-0.4, -0.2) is 44.3 Å². The van der Waals surface area contributed by atoms with Crippen LogP contribution in [0.15, 0.2) is 0 Å². The molecule has 1 fully saturated rings. The molecule has 4 rings (SSSR count). The fraction of sp³-hybridized carbons (Fsp3) is 0.600. The molecule has 3 heterocycles. The summed E-state index contributed by atoms with van der Waals surface area (Å²) in [6.07, 6.45) is 1.85. The van der Waals surface area contributed by atoms with Gasteiger partial charge in [-0.05, 0) is 0 Å². The van der Waals surface area contributed by atoms with Gasteiger partial charge in [-0.3, -0.25) is 4.90 Å². The third-order valence-corrected chi connectivity index (χ3v) is 4.84. The first-order valence-electron chi connectivity index (χ1n) is 7.39. The second-order valence-corrected chi connectivity index (χ2v) is 6.01. The predicted molar refractivity (Wildman–Crippen MR) is 78.0 cm³/mol. The van der Waals surface area contributed by atoms with Crippen molar-refractivity contribution in [3.8, 4) is 11.5 Å². The van der Waals surface area contributed by atoms with Gasteiger partial charge in [-0.1, -0.05) is 11.6 Å². The van der Waals surface area contributed by atoms with Crippen molar-refractivity contribution < 1.29 is 9.47 Å². The molecule has 1 saturated heterocycles. The standard InChI is InChI=1S/C15H19ClN2O2/c16-13-11-2-8-19-14(11)12(10-1-7-20-15(10)13)9-18-5-3-17-4-6-18/h17H,1-9H2. The second kappa shape index (κ2) is 5.10. The molecular weight excluding hydrogens is 276 g/mol. The second-order valence-electron chi connectivity index (χ2n) is 5.63. The molecule has 0 unspecified atom stereocenters. The zero-order valence-electron chi connectivity index (χ0n) is 11.5. The van der Waals surface area contributed by atoms with E-state index in [0.717, 1.165) is 80.9 Å². The van der Waals surface area contributed by atoms with Gasteiger partial charge in [-0.2, -0.15) is 0 Å². The summed E-state index contributed by atoms with van der Waals surface area (Å²) in [6, 6.07) is 0. The van der Waals surface area contributed by atoms with Crippen LogP contribution in [0.5, 0.6) is 11.5 Å². The van der Waals surface area contributed by atoms with E-state index in [4.69, 9.17) is 21.1 Å². The van der Waals surface area contributed by atoms with Crippen molar-refractivity contribution >= 4 is 11.6 Å². The van der Waals surface area contributed by atoms with E-state index in [9.17, 15) is 0 Å². The van der Waals surface area contributed by atoms with Crippen molar-refractivity contribution in [3.05, 3.63) is 21.7 Å². The van der Waals surface area contributed by atoms with Gasteiger partial charge in [0.25, 0.3) is 0 Å². The summed E-state index contributed by atoms with van der Waals surface area (Å²) in [6.45, 7) is 6.75. The molecule has 5 heteroatoms. The lowest BCUT2D eigenvalue weighted by molar-refractivity contribution is 0.229. The molecule has 4 nitrogen and oxygen atoms in total. The average molecular weight is 295 g/mol. The van der Waals surface area contributed by atoms with Gasteiger partial charge in [0.2, 0.25) is 0 Å². The summed E-state index contributed by atoms with van der Waals surface area (Å²) in [5.74, 6) is 1.96. The quantitative estimate of drug-likeness (QED) is 0.899. The number of rotatable bonds is 2. The molecule has 1 aromatic rings. The Labute approximate surface area is 124 Å². The fourth-order valence-corrected chi connectivity index (χ4v) is 3.76. The maximum absolute atomic E-state index is 6.49. The lowest BCUT2D eigenvalue weighted by Crippen LogP contribution is -2.43. The topological polar surface area (TPSA) is 33.7 Å². The lowest BCUT2D eigenvalue weighted by Gasteiger charge is -2.28. The highest BCUT2D eigenvalue weighted by atomic mass is 35.5. The number of hydrogen-bond donors (Lipinski definition) is 1. The Kier molecular flexibility index (Phi) is 3.25. The van der Waals surface area contributed by atoms with Crippen LogP contribution < -0.4 is 14.8 Å². The average Bonchev–Trinajstić information content (AvgIpc) is 3.14. The van der Waals surface area contributed by atoms with Crippen LogP contribution in [0, 0.1) is 0 Å². The van der Waals surface area contributed by atoms with E-state index in [2.05, 4.69) is 10.2 Å². The molecule has 20 heavy (non-hydrogen) atoms. The number of fused-ring (bicyclic) bond motifs is 2. The highest BCUT2D eigenvalue weighted by Crippen LogP contribution is 2.47. The highest BCUT2D eigenvalue weighted by molar-refractivity contribution is 6.33. The Hall–Kier alpha value is -0.970. The molecule has 1 N–H and O–H groups in total. The van der Waals surface area contributed by atoms with E-state index in [0.29, 0.717) is 0 Å². The van der Waals surface area contributed by atoms with E-state index in [1.54, 1.807) is 0 Å². The summed E-state index contributed by atoms with van der Waals surface area (Å²) in [5, 5.41) is 4.18. The summed E-state index contributed by atoms with van der Waals surface area (Å²) in [5.41, 5.74) is 3.74.